The van der Waals surface area contributed by atoms with E-state index in [1.807, 2.05) is 0 Å². The van der Waals surface area contributed by atoms with E-state index in [0.717, 1.165) is 0 Å². The third-order valence-corrected chi connectivity index (χ3v) is 5.06. The molecule has 0 aromatic heterocycles. The molecule has 1 amide bonds. The maximum Gasteiger partial charge on any atom is 0.347 e. The molecule has 1 aromatic carbocycles. The molecule has 2 atom stereocenters. The van der Waals surface area contributed by atoms with Crippen molar-refractivity contribution in [1.29, 1.82) is 0 Å². The van der Waals surface area contributed by atoms with E-state index in [1.165, 1.54) is 4.90 Å². The lowest BCUT2D eigenvalue weighted by Gasteiger charge is -2.35. The number of hydrogen-bond donors (Lipinski definition) is 2. The molecule has 9 heteroatoms. The Balaban J connectivity index is 1.66. The Morgan fingerprint density at radius 2 is 2.16 bits per heavy atom. The minimum absolute atomic E-state index is 0.0457. The minimum Gasteiger partial charge on any atom is -0.488 e. The summed E-state index contributed by atoms with van der Waals surface area (Å²) in [6, 6.07) is 4.95. The highest BCUT2D eigenvalue weighted by Gasteiger charge is 2.52. The Morgan fingerprint density at radius 1 is 1.36 bits per heavy atom. The maximum absolute atomic E-state index is 12.7. The fourth-order valence-electron chi connectivity index (χ4n) is 2.99. The number of carboxylic acid groups (broad SMARTS) is 1. The largest absolute Gasteiger partial charge is 0.488 e. The Kier molecular flexibility index (Phi) is 5.38. The van der Waals surface area contributed by atoms with Crippen LogP contribution >= 0.6 is 23.2 Å². The van der Waals surface area contributed by atoms with Gasteiger partial charge in [0.2, 0.25) is 0 Å². The van der Waals surface area contributed by atoms with Gasteiger partial charge in [0, 0.05) is 32.1 Å². The third-order valence-electron chi connectivity index (χ3n) is 4.32. The Hall–Kier alpha value is -1.54. The number of carboxylic acids is 1. The van der Waals surface area contributed by atoms with Crippen molar-refractivity contribution in [3.63, 3.8) is 0 Å². The summed E-state index contributed by atoms with van der Waals surface area (Å²) >= 11 is 11.8. The Labute approximate surface area is 154 Å². The average molecular weight is 389 g/mol. The summed E-state index contributed by atoms with van der Waals surface area (Å²) in [4.78, 5) is 25.9. The quantitative estimate of drug-likeness (QED) is 0.758. The average Bonchev–Trinajstić information content (AvgIpc) is 3.06. The van der Waals surface area contributed by atoms with Crippen LogP contribution in [-0.2, 0) is 14.3 Å². The van der Waals surface area contributed by atoms with Crippen LogP contribution < -0.4 is 10.1 Å². The van der Waals surface area contributed by atoms with E-state index in [0.29, 0.717) is 35.3 Å². The Bertz CT molecular complexity index is 678. The fourth-order valence-corrected chi connectivity index (χ4v) is 3.27. The van der Waals surface area contributed by atoms with E-state index in [9.17, 15) is 14.7 Å². The van der Waals surface area contributed by atoms with E-state index in [2.05, 4.69) is 5.32 Å². The van der Waals surface area contributed by atoms with Gasteiger partial charge in [0.05, 0.1) is 23.2 Å². The molecule has 2 unspecified atom stereocenters. The zero-order chi connectivity index (χ0) is 18.0. The first-order valence-electron chi connectivity index (χ1n) is 7.91. The van der Waals surface area contributed by atoms with Crippen molar-refractivity contribution in [2.45, 2.75) is 18.1 Å². The molecule has 7 nitrogen and oxygen atoms in total. The highest BCUT2D eigenvalue weighted by molar-refractivity contribution is 6.42. The van der Waals surface area contributed by atoms with Crippen molar-refractivity contribution in [1.82, 2.24) is 10.2 Å². The first kappa shape index (κ1) is 18.3. The molecule has 25 heavy (non-hydrogen) atoms. The molecule has 0 bridgehead atoms. The summed E-state index contributed by atoms with van der Waals surface area (Å²) < 4.78 is 11.2. The molecule has 2 heterocycles. The number of benzene rings is 1. The van der Waals surface area contributed by atoms with E-state index >= 15 is 0 Å². The topological polar surface area (TPSA) is 88.1 Å². The molecule has 2 N–H and O–H groups in total. The number of nitrogens with one attached hydrogen (secondary N) is 1. The summed E-state index contributed by atoms with van der Waals surface area (Å²) in [5.41, 5.74) is -1.86. The predicted molar refractivity (Wildman–Crippen MR) is 91.3 cm³/mol. The molecule has 3 rings (SSSR count). The summed E-state index contributed by atoms with van der Waals surface area (Å²) in [6.07, 6.45) is 0.346. The number of hydrogen-bond acceptors (Lipinski definition) is 5. The van der Waals surface area contributed by atoms with Crippen molar-refractivity contribution in [3.8, 4) is 5.75 Å². The molecule has 2 aliphatic rings. The van der Waals surface area contributed by atoms with Gasteiger partial charge in [-0.25, -0.2) is 4.79 Å². The molecule has 136 valence electrons. The standard InChI is InChI=1S/C16H18Cl2N2O5/c17-12-2-1-10(7-13(12)18)25-11-3-5-20(8-11)14(21)16(15(22)23)9-19-4-6-24-16/h1-2,7,11,19H,3-6,8-9H2,(H,22,23). The van der Waals surface area contributed by atoms with E-state index in [1.54, 1.807) is 18.2 Å². The second-order valence-electron chi connectivity index (χ2n) is 6.01. The number of amides is 1. The SMILES string of the molecule is O=C(O)C1(C(=O)N2CCC(Oc3ccc(Cl)c(Cl)c3)C2)CNCCO1. The van der Waals surface area contributed by atoms with Crippen LogP contribution in [0.2, 0.25) is 10.0 Å². The van der Waals surface area contributed by atoms with Crippen LogP contribution in [0.15, 0.2) is 18.2 Å². The summed E-state index contributed by atoms with van der Waals surface area (Å²) in [5.74, 6) is -1.27. The van der Waals surface area contributed by atoms with Crippen LogP contribution in [0.4, 0.5) is 0 Å². The molecule has 2 saturated heterocycles. The molecule has 0 radical (unpaired) electrons. The highest BCUT2D eigenvalue weighted by atomic mass is 35.5. The van der Waals surface area contributed by atoms with E-state index in [4.69, 9.17) is 32.7 Å². The highest BCUT2D eigenvalue weighted by Crippen LogP contribution is 2.29. The fraction of sp³-hybridized carbons (Fsp3) is 0.500. The normalized spacial score (nSPS) is 26.5. The summed E-state index contributed by atoms with van der Waals surface area (Å²) in [6.45, 7) is 1.34. The van der Waals surface area contributed by atoms with Crippen LogP contribution in [0.3, 0.4) is 0 Å². The Morgan fingerprint density at radius 3 is 2.80 bits per heavy atom. The predicted octanol–water partition coefficient (Wildman–Crippen LogP) is 1.42. The van der Waals surface area contributed by atoms with Crippen LogP contribution in [0.5, 0.6) is 5.75 Å². The van der Waals surface area contributed by atoms with Gasteiger partial charge in [0.25, 0.3) is 11.5 Å². The summed E-state index contributed by atoms with van der Waals surface area (Å²) in [7, 11) is 0. The summed E-state index contributed by atoms with van der Waals surface area (Å²) in [5, 5.41) is 13.2. The number of halogens is 2. The maximum atomic E-state index is 12.7. The number of ether oxygens (including phenoxy) is 2. The van der Waals surface area contributed by atoms with Gasteiger partial charge in [-0.1, -0.05) is 23.2 Å². The van der Waals surface area contributed by atoms with Gasteiger partial charge in [-0.05, 0) is 12.1 Å². The number of morpholine rings is 1. The van der Waals surface area contributed by atoms with Crippen LogP contribution in [0.25, 0.3) is 0 Å². The van der Waals surface area contributed by atoms with Gasteiger partial charge in [0.15, 0.2) is 0 Å². The third kappa shape index (κ3) is 3.69. The van der Waals surface area contributed by atoms with E-state index in [-0.39, 0.29) is 25.8 Å². The molecule has 0 spiro atoms. The zero-order valence-corrected chi connectivity index (χ0v) is 14.8. The first-order chi connectivity index (χ1) is 11.9. The van der Waals surface area contributed by atoms with Gasteiger partial charge in [0.1, 0.15) is 11.9 Å². The number of aliphatic carboxylic acids is 1. The van der Waals surface area contributed by atoms with Gasteiger partial charge >= 0.3 is 5.97 Å². The van der Waals surface area contributed by atoms with Gasteiger partial charge in [-0.3, -0.25) is 4.79 Å². The van der Waals surface area contributed by atoms with Crippen molar-refractivity contribution < 1.29 is 24.2 Å². The zero-order valence-electron chi connectivity index (χ0n) is 13.3. The number of carbonyl (C=O) groups excluding carboxylic acids is 1. The minimum atomic E-state index is -1.86. The first-order valence-corrected chi connectivity index (χ1v) is 8.67. The van der Waals surface area contributed by atoms with Crippen LogP contribution in [0.1, 0.15) is 6.42 Å². The number of carbonyl (C=O) groups is 2. The monoisotopic (exact) mass is 388 g/mol. The molecule has 0 saturated carbocycles. The van der Waals surface area contributed by atoms with Crippen molar-refractivity contribution >= 4 is 35.1 Å². The molecule has 2 aliphatic heterocycles. The number of likely N-dealkylation sites (tertiary alicyclic amines) is 1. The molecule has 0 aliphatic carbocycles. The molecule has 2 fully saturated rings. The second-order valence-corrected chi connectivity index (χ2v) is 6.83. The van der Waals surface area contributed by atoms with Crippen molar-refractivity contribution in [2.75, 3.05) is 32.8 Å². The van der Waals surface area contributed by atoms with Gasteiger partial charge in [-0.2, -0.15) is 0 Å². The van der Waals surface area contributed by atoms with Gasteiger partial charge < -0.3 is 24.8 Å². The van der Waals surface area contributed by atoms with Crippen LogP contribution in [-0.4, -0.2) is 66.4 Å². The molecular formula is C16H18Cl2N2O5. The lowest BCUT2D eigenvalue weighted by atomic mass is 10.0. The second kappa shape index (κ2) is 7.37. The molecular weight excluding hydrogens is 371 g/mol. The molecule has 1 aromatic rings. The van der Waals surface area contributed by atoms with E-state index < -0.39 is 17.5 Å². The smallest absolute Gasteiger partial charge is 0.347 e. The van der Waals surface area contributed by atoms with Crippen LogP contribution in [0, 0.1) is 0 Å². The number of rotatable bonds is 4. The van der Waals surface area contributed by atoms with Crippen molar-refractivity contribution in [3.05, 3.63) is 28.2 Å². The number of nitrogens with zero attached hydrogens (tertiary/aromatic N) is 1. The lowest BCUT2D eigenvalue weighted by Crippen LogP contribution is -2.63. The lowest BCUT2D eigenvalue weighted by molar-refractivity contribution is -0.181. The van der Waals surface area contributed by atoms with Gasteiger partial charge in [-0.15, -0.1) is 0 Å². The van der Waals surface area contributed by atoms with Crippen molar-refractivity contribution in [2.24, 2.45) is 0 Å².